The minimum Gasteiger partial charge on any atom is -0.367 e. The molecule has 0 bridgehead atoms. The Morgan fingerprint density at radius 2 is 1.70 bits per heavy atom. The number of hydrazone groups is 1. The predicted octanol–water partition coefficient (Wildman–Crippen LogP) is 3.04. The van der Waals surface area contributed by atoms with Crippen LogP contribution in [0, 0.1) is 11.6 Å². The minimum atomic E-state index is -0.477. The SMILES string of the molecule is Fc1cc(C2=NNCCC2)cc(F)c1N1CCCCC1. The van der Waals surface area contributed by atoms with E-state index < -0.39 is 11.6 Å². The molecule has 3 nitrogen and oxygen atoms in total. The summed E-state index contributed by atoms with van der Waals surface area (Å²) in [6.45, 7) is 2.28. The first kappa shape index (κ1) is 13.3. The van der Waals surface area contributed by atoms with E-state index in [1.807, 2.05) is 4.90 Å². The van der Waals surface area contributed by atoms with Gasteiger partial charge in [-0.15, -0.1) is 0 Å². The summed E-state index contributed by atoms with van der Waals surface area (Å²) in [7, 11) is 0. The van der Waals surface area contributed by atoms with Crippen LogP contribution >= 0.6 is 0 Å². The van der Waals surface area contributed by atoms with Crippen molar-refractivity contribution in [2.24, 2.45) is 5.10 Å². The zero-order valence-electron chi connectivity index (χ0n) is 11.5. The monoisotopic (exact) mass is 279 g/mol. The van der Waals surface area contributed by atoms with Gasteiger partial charge in [-0.2, -0.15) is 5.10 Å². The van der Waals surface area contributed by atoms with Gasteiger partial charge in [0, 0.05) is 25.2 Å². The van der Waals surface area contributed by atoms with Gasteiger partial charge in [0.1, 0.15) is 17.3 Å². The first-order chi connectivity index (χ1) is 9.75. The number of benzene rings is 1. The molecule has 0 amide bonds. The topological polar surface area (TPSA) is 27.6 Å². The molecule has 1 saturated heterocycles. The number of piperidine rings is 1. The van der Waals surface area contributed by atoms with Crippen LogP contribution in [0.15, 0.2) is 17.2 Å². The Hall–Kier alpha value is -1.65. The number of anilines is 1. The quantitative estimate of drug-likeness (QED) is 0.901. The van der Waals surface area contributed by atoms with E-state index in [0.29, 0.717) is 5.56 Å². The summed E-state index contributed by atoms with van der Waals surface area (Å²) < 4.78 is 28.6. The molecule has 0 aromatic heterocycles. The lowest BCUT2D eigenvalue weighted by Gasteiger charge is -2.29. The average Bonchev–Trinajstić information content (AvgIpc) is 2.48. The molecule has 2 heterocycles. The molecule has 0 radical (unpaired) electrons. The molecule has 20 heavy (non-hydrogen) atoms. The van der Waals surface area contributed by atoms with Gasteiger partial charge in [-0.1, -0.05) is 0 Å². The molecule has 1 fully saturated rings. The highest BCUT2D eigenvalue weighted by atomic mass is 19.1. The summed E-state index contributed by atoms with van der Waals surface area (Å²) in [6, 6.07) is 2.83. The predicted molar refractivity (Wildman–Crippen MR) is 76.2 cm³/mol. The Morgan fingerprint density at radius 1 is 1.00 bits per heavy atom. The first-order valence-corrected chi connectivity index (χ1v) is 7.29. The number of halogens is 2. The second kappa shape index (κ2) is 5.77. The minimum absolute atomic E-state index is 0.123. The summed E-state index contributed by atoms with van der Waals surface area (Å²) in [5.74, 6) is -0.953. The third kappa shape index (κ3) is 2.62. The van der Waals surface area contributed by atoms with E-state index in [2.05, 4.69) is 10.5 Å². The number of hydrogen-bond donors (Lipinski definition) is 1. The fourth-order valence-corrected chi connectivity index (χ4v) is 2.90. The molecular weight excluding hydrogens is 260 g/mol. The fraction of sp³-hybridized carbons (Fsp3) is 0.533. The second-order valence-corrected chi connectivity index (χ2v) is 5.41. The van der Waals surface area contributed by atoms with Gasteiger partial charge in [-0.25, -0.2) is 8.78 Å². The summed E-state index contributed by atoms with van der Waals surface area (Å²) in [5.41, 5.74) is 4.29. The molecule has 1 aromatic rings. The standard InChI is InChI=1S/C15H19F2N3/c16-12-9-11(14-5-4-6-18-19-14)10-13(17)15(12)20-7-2-1-3-8-20/h9-10,18H,1-8H2. The Morgan fingerprint density at radius 3 is 2.30 bits per heavy atom. The highest BCUT2D eigenvalue weighted by Gasteiger charge is 2.21. The molecule has 0 atom stereocenters. The van der Waals surface area contributed by atoms with Crippen LogP contribution in [-0.4, -0.2) is 25.3 Å². The van der Waals surface area contributed by atoms with E-state index in [4.69, 9.17) is 0 Å². The van der Waals surface area contributed by atoms with E-state index in [1.165, 1.54) is 12.1 Å². The van der Waals surface area contributed by atoms with Crippen molar-refractivity contribution in [3.8, 4) is 0 Å². The van der Waals surface area contributed by atoms with E-state index in [0.717, 1.165) is 57.5 Å². The van der Waals surface area contributed by atoms with Gasteiger partial charge in [-0.3, -0.25) is 0 Å². The second-order valence-electron chi connectivity index (χ2n) is 5.41. The summed E-state index contributed by atoms with van der Waals surface area (Å²) >= 11 is 0. The van der Waals surface area contributed by atoms with Gasteiger partial charge < -0.3 is 10.3 Å². The van der Waals surface area contributed by atoms with Gasteiger partial charge in [0.25, 0.3) is 0 Å². The largest absolute Gasteiger partial charge is 0.367 e. The number of nitrogens with one attached hydrogen (secondary N) is 1. The molecule has 0 aliphatic carbocycles. The number of nitrogens with zero attached hydrogens (tertiary/aromatic N) is 2. The molecule has 0 unspecified atom stereocenters. The third-order valence-corrected chi connectivity index (χ3v) is 3.94. The van der Waals surface area contributed by atoms with Crippen LogP contribution in [0.2, 0.25) is 0 Å². The molecule has 2 aliphatic rings. The van der Waals surface area contributed by atoms with Gasteiger partial charge in [0.15, 0.2) is 0 Å². The Labute approximate surface area is 117 Å². The molecule has 5 heteroatoms. The van der Waals surface area contributed by atoms with Crippen molar-refractivity contribution in [3.63, 3.8) is 0 Å². The Balaban J connectivity index is 1.91. The molecular formula is C15H19F2N3. The van der Waals surface area contributed by atoms with Crippen LogP contribution in [0.4, 0.5) is 14.5 Å². The highest BCUT2D eigenvalue weighted by molar-refractivity contribution is 6.01. The molecule has 2 aliphatic heterocycles. The molecule has 1 aromatic carbocycles. The van der Waals surface area contributed by atoms with Crippen LogP contribution in [0.5, 0.6) is 0 Å². The molecule has 3 rings (SSSR count). The summed E-state index contributed by atoms with van der Waals surface area (Å²) in [4.78, 5) is 1.82. The van der Waals surface area contributed by atoms with Crippen molar-refractivity contribution in [3.05, 3.63) is 29.3 Å². The summed E-state index contributed by atoms with van der Waals surface area (Å²) in [6.07, 6.45) is 4.83. The van der Waals surface area contributed by atoms with Crippen molar-refractivity contribution in [1.82, 2.24) is 5.43 Å². The Bertz CT molecular complexity index is 499. The molecule has 0 spiro atoms. The zero-order valence-corrected chi connectivity index (χ0v) is 11.5. The van der Waals surface area contributed by atoms with Crippen molar-refractivity contribution >= 4 is 11.4 Å². The maximum Gasteiger partial charge on any atom is 0.150 e. The molecule has 1 N–H and O–H groups in total. The Kier molecular flexibility index (Phi) is 3.85. The van der Waals surface area contributed by atoms with Crippen molar-refractivity contribution in [1.29, 1.82) is 0 Å². The average molecular weight is 279 g/mol. The van der Waals surface area contributed by atoms with Gasteiger partial charge in [0.05, 0.1) is 5.71 Å². The summed E-state index contributed by atoms with van der Waals surface area (Å²) in [5, 5.41) is 4.14. The van der Waals surface area contributed by atoms with Crippen LogP contribution in [0.3, 0.4) is 0 Å². The van der Waals surface area contributed by atoms with Crippen LogP contribution in [-0.2, 0) is 0 Å². The third-order valence-electron chi connectivity index (χ3n) is 3.94. The van der Waals surface area contributed by atoms with Crippen molar-refractivity contribution in [2.75, 3.05) is 24.5 Å². The normalized spacial score (nSPS) is 19.5. The maximum absolute atomic E-state index is 14.3. The van der Waals surface area contributed by atoms with E-state index in [1.54, 1.807) is 0 Å². The van der Waals surface area contributed by atoms with Crippen molar-refractivity contribution in [2.45, 2.75) is 32.1 Å². The number of hydrogen-bond acceptors (Lipinski definition) is 3. The highest BCUT2D eigenvalue weighted by Crippen LogP contribution is 2.28. The van der Waals surface area contributed by atoms with Crippen LogP contribution in [0.1, 0.15) is 37.7 Å². The van der Waals surface area contributed by atoms with Crippen LogP contribution < -0.4 is 10.3 Å². The molecule has 0 saturated carbocycles. The van der Waals surface area contributed by atoms with Gasteiger partial charge >= 0.3 is 0 Å². The van der Waals surface area contributed by atoms with Crippen LogP contribution in [0.25, 0.3) is 0 Å². The first-order valence-electron chi connectivity index (χ1n) is 7.29. The molecule has 108 valence electrons. The zero-order chi connectivity index (χ0) is 13.9. The maximum atomic E-state index is 14.3. The van der Waals surface area contributed by atoms with Gasteiger partial charge in [-0.05, 0) is 44.2 Å². The van der Waals surface area contributed by atoms with Crippen molar-refractivity contribution < 1.29 is 8.78 Å². The fourth-order valence-electron chi connectivity index (χ4n) is 2.90. The van der Waals surface area contributed by atoms with E-state index in [9.17, 15) is 8.78 Å². The smallest absolute Gasteiger partial charge is 0.150 e. The lowest BCUT2D eigenvalue weighted by atomic mass is 10.0. The lowest BCUT2D eigenvalue weighted by Crippen LogP contribution is -2.31. The van der Waals surface area contributed by atoms with Gasteiger partial charge in [0.2, 0.25) is 0 Å². The van der Waals surface area contributed by atoms with E-state index in [-0.39, 0.29) is 5.69 Å². The number of rotatable bonds is 2. The lowest BCUT2D eigenvalue weighted by molar-refractivity contribution is 0.530. The van der Waals surface area contributed by atoms with E-state index >= 15 is 0 Å².